The van der Waals surface area contributed by atoms with E-state index in [1.807, 2.05) is 66.7 Å². The van der Waals surface area contributed by atoms with E-state index in [1.165, 1.54) is 0 Å². The zero-order valence-corrected chi connectivity index (χ0v) is 19.2. The zero-order valence-electron chi connectivity index (χ0n) is 19.2. The minimum Gasteiger partial charge on any atom is -0.497 e. The first-order valence-corrected chi connectivity index (χ1v) is 11.3. The van der Waals surface area contributed by atoms with Gasteiger partial charge in [-0.2, -0.15) is 0 Å². The van der Waals surface area contributed by atoms with Crippen molar-refractivity contribution < 1.29 is 14.3 Å². The topological polar surface area (TPSA) is 84.4 Å². The maximum absolute atomic E-state index is 13.8. The Hall–Kier alpha value is -4.52. The van der Waals surface area contributed by atoms with Crippen molar-refractivity contribution in [1.82, 2.24) is 15.3 Å². The number of methoxy groups -OCH3 is 1. The lowest BCUT2D eigenvalue weighted by Crippen LogP contribution is -2.47. The summed E-state index contributed by atoms with van der Waals surface area (Å²) < 4.78 is 5.30. The molecule has 2 amide bonds. The van der Waals surface area contributed by atoms with Crippen molar-refractivity contribution in [3.05, 3.63) is 120 Å². The minimum absolute atomic E-state index is 0.169. The van der Waals surface area contributed by atoms with Gasteiger partial charge in [0.2, 0.25) is 5.91 Å². The Morgan fingerprint density at radius 3 is 2.43 bits per heavy atom. The molecule has 1 N–H and O–H groups in total. The van der Waals surface area contributed by atoms with Crippen LogP contribution in [0.25, 0.3) is 0 Å². The summed E-state index contributed by atoms with van der Waals surface area (Å²) in [5.41, 5.74) is 3.59. The molecule has 0 aliphatic carbocycles. The van der Waals surface area contributed by atoms with Gasteiger partial charge in [0.15, 0.2) is 0 Å². The molecule has 174 valence electrons. The third-order valence-electron chi connectivity index (χ3n) is 6.21. The van der Waals surface area contributed by atoms with Crippen molar-refractivity contribution in [1.29, 1.82) is 0 Å². The average molecular weight is 465 g/mol. The van der Waals surface area contributed by atoms with Gasteiger partial charge >= 0.3 is 0 Å². The molecule has 2 aromatic heterocycles. The first kappa shape index (κ1) is 22.3. The fraction of sp³-hybridized carbons (Fsp3) is 0.143. The molecule has 35 heavy (non-hydrogen) atoms. The second-order valence-electron chi connectivity index (χ2n) is 8.24. The van der Waals surface area contributed by atoms with Crippen LogP contribution in [0, 0.1) is 0 Å². The number of fused-ring (bicyclic) bond motifs is 1. The molecule has 4 aromatic rings. The number of nitrogens with zero attached hydrogens (tertiary/aromatic N) is 3. The van der Waals surface area contributed by atoms with E-state index < -0.39 is 12.0 Å². The lowest BCUT2D eigenvalue weighted by atomic mass is 9.79. The van der Waals surface area contributed by atoms with Crippen LogP contribution in [0.4, 0.5) is 5.69 Å². The van der Waals surface area contributed by atoms with Gasteiger partial charge in [0.1, 0.15) is 5.75 Å². The summed E-state index contributed by atoms with van der Waals surface area (Å²) in [6.45, 7) is 0.357. The van der Waals surface area contributed by atoms with E-state index in [2.05, 4.69) is 15.3 Å². The third kappa shape index (κ3) is 4.36. The van der Waals surface area contributed by atoms with E-state index in [0.29, 0.717) is 29.1 Å². The third-order valence-corrected chi connectivity index (χ3v) is 6.21. The predicted molar refractivity (Wildman–Crippen MR) is 132 cm³/mol. The van der Waals surface area contributed by atoms with Crippen LogP contribution in [-0.2, 0) is 11.3 Å². The van der Waals surface area contributed by atoms with Crippen molar-refractivity contribution in [3.8, 4) is 5.75 Å². The predicted octanol–water partition coefficient (Wildman–Crippen LogP) is 4.29. The highest BCUT2D eigenvalue weighted by Crippen LogP contribution is 2.45. The van der Waals surface area contributed by atoms with Crippen LogP contribution < -0.4 is 15.0 Å². The van der Waals surface area contributed by atoms with Crippen molar-refractivity contribution in [2.24, 2.45) is 0 Å². The maximum Gasteiger partial charge on any atom is 0.259 e. The number of carbonyl (C=O) groups excluding carboxylic acids is 2. The summed E-state index contributed by atoms with van der Waals surface area (Å²) in [6, 6.07) is 21.5. The molecule has 0 bridgehead atoms. The molecule has 1 aliphatic rings. The number of rotatable bonds is 6. The van der Waals surface area contributed by atoms with Gasteiger partial charge in [0.05, 0.1) is 19.1 Å². The van der Waals surface area contributed by atoms with E-state index in [4.69, 9.17) is 4.74 Å². The Kier molecular flexibility index (Phi) is 6.22. The van der Waals surface area contributed by atoms with Gasteiger partial charge in [0.25, 0.3) is 5.91 Å². The monoisotopic (exact) mass is 464 g/mol. The standard InChI is InChI=1S/C28H24N4O3/c1-35-22-10-8-21(9-11-22)32-26(20-5-4-14-30-18-20)25(23-6-2-3-7-24(23)28(32)34)27(33)31-17-19-12-15-29-16-13-19/h2-16,18,25-26H,17H2,1H3,(H,31,33)/t25-,26-/m0/s1. The van der Waals surface area contributed by atoms with E-state index in [0.717, 1.165) is 11.1 Å². The molecule has 0 saturated heterocycles. The molecule has 0 unspecified atom stereocenters. The molecule has 0 spiro atoms. The Morgan fingerprint density at radius 2 is 1.71 bits per heavy atom. The van der Waals surface area contributed by atoms with Crippen LogP contribution >= 0.6 is 0 Å². The molecule has 2 aromatic carbocycles. The van der Waals surface area contributed by atoms with Crippen LogP contribution in [0.2, 0.25) is 0 Å². The molecule has 7 nitrogen and oxygen atoms in total. The molecule has 5 rings (SSSR count). The van der Waals surface area contributed by atoms with Gasteiger partial charge < -0.3 is 10.1 Å². The number of benzene rings is 2. The smallest absolute Gasteiger partial charge is 0.259 e. The molecule has 3 heterocycles. The second kappa shape index (κ2) is 9.77. The summed E-state index contributed by atoms with van der Waals surface area (Å²) in [5.74, 6) is -0.299. The van der Waals surface area contributed by atoms with E-state index in [-0.39, 0.29) is 11.8 Å². The van der Waals surface area contributed by atoms with E-state index in [9.17, 15) is 9.59 Å². The Balaban J connectivity index is 1.62. The Bertz CT molecular complexity index is 1330. The molecule has 7 heteroatoms. The van der Waals surface area contributed by atoms with E-state index >= 15 is 0 Å². The van der Waals surface area contributed by atoms with Crippen molar-refractivity contribution in [2.75, 3.05) is 12.0 Å². The first-order valence-electron chi connectivity index (χ1n) is 11.3. The van der Waals surface area contributed by atoms with Crippen LogP contribution in [0.3, 0.4) is 0 Å². The summed E-state index contributed by atoms with van der Waals surface area (Å²) in [6.07, 6.45) is 6.78. The van der Waals surface area contributed by atoms with Crippen molar-refractivity contribution in [2.45, 2.75) is 18.5 Å². The molecule has 2 atom stereocenters. The molecule has 0 radical (unpaired) electrons. The lowest BCUT2D eigenvalue weighted by Gasteiger charge is -2.41. The first-order chi connectivity index (χ1) is 17.2. The number of amides is 2. The summed E-state index contributed by atoms with van der Waals surface area (Å²) >= 11 is 0. The molecular weight excluding hydrogens is 440 g/mol. The normalized spacial score (nSPS) is 16.9. The summed E-state index contributed by atoms with van der Waals surface area (Å²) in [4.78, 5) is 37.6. The Labute approximate surface area is 203 Å². The average Bonchev–Trinajstić information content (AvgIpc) is 2.93. The minimum atomic E-state index is -0.642. The van der Waals surface area contributed by atoms with Gasteiger partial charge in [-0.3, -0.25) is 24.5 Å². The van der Waals surface area contributed by atoms with Crippen molar-refractivity contribution >= 4 is 17.5 Å². The number of anilines is 1. The highest BCUT2D eigenvalue weighted by molar-refractivity contribution is 6.11. The number of pyridine rings is 2. The summed E-state index contributed by atoms with van der Waals surface area (Å²) in [7, 11) is 1.60. The van der Waals surface area contributed by atoms with Crippen molar-refractivity contribution in [3.63, 3.8) is 0 Å². The fourth-order valence-electron chi connectivity index (χ4n) is 4.54. The molecule has 1 aliphatic heterocycles. The quantitative estimate of drug-likeness (QED) is 0.460. The number of hydrogen-bond acceptors (Lipinski definition) is 5. The fourth-order valence-corrected chi connectivity index (χ4v) is 4.54. The van der Waals surface area contributed by atoms with E-state index in [1.54, 1.807) is 42.9 Å². The molecule has 0 fully saturated rings. The van der Waals surface area contributed by atoms with Gasteiger partial charge in [-0.15, -0.1) is 0 Å². The highest BCUT2D eigenvalue weighted by atomic mass is 16.5. The van der Waals surface area contributed by atoms with Crippen LogP contribution in [-0.4, -0.2) is 28.9 Å². The number of carbonyl (C=O) groups is 2. The maximum atomic E-state index is 13.8. The molecular formula is C28H24N4O3. The molecule has 0 saturated carbocycles. The number of hydrogen-bond donors (Lipinski definition) is 1. The highest BCUT2D eigenvalue weighted by Gasteiger charge is 2.44. The Morgan fingerprint density at radius 1 is 0.943 bits per heavy atom. The largest absolute Gasteiger partial charge is 0.497 e. The SMILES string of the molecule is COc1ccc(N2C(=O)c3ccccc3[C@H](C(=O)NCc3ccncc3)[C@@H]2c2cccnc2)cc1. The number of aromatic nitrogens is 2. The van der Waals surface area contributed by atoms with Crippen LogP contribution in [0.1, 0.15) is 39.0 Å². The van der Waals surface area contributed by atoms with Gasteiger partial charge in [-0.1, -0.05) is 24.3 Å². The van der Waals surface area contributed by atoms with Gasteiger partial charge in [-0.25, -0.2) is 0 Å². The number of ether oxygens (including phenoxy) is 1. The van der Waals surface area contributed by atoms with Crippen LogP contribution in [0.5, 0.6) is 5.75 Å². The zero-order chi connectivity index (χ0) is 24.2. The lowest BCUT2D eigenvalue weighted by molar-refractivity contribution is -0.123. The van der Waals surface area contributed by atoms with Crippen LogP contribution in [0.15, 0.2) is 97.6 Å². The van der Waals surface area contributed by atoms with Gasteiger partial charge in [-0.05, 0) is 65.2 Å². The van der Waals surface area contributed by atoms with Gasteiger partial charge in [0, 0.05) is 42.6 Å². The summed E-state index contributed by atoms with van der Waals surface area (Å²) in [5, 5.41) is 3.07. The number of nitrogens with one attached hydrogen (secondary N) is 1. The second-order valence-corrected chi connectivity index (χ2v) is 8.24.